The van der Waals surface area contributed by atoms with Gasteiger partial charge in [-0.1, -0.05) is 30.3 Å². The van der Waals surface area contributed by atoms with Gasteiger partial charge in [0.25, 0.3) is 0 Å². The highest BCUT2D eigenvalue weighted by molar-refractivity contribution is 6.08. The minimum atomic E-state index is -1.34. The number of ketones is 1. The van der Waals surface area contributed by atoms with E-state index < -0.39 is 5.60 Å². The molecule has 0 aromatic heterocycles. The van der Waals surface area contributed by atoms with E-state index in [0.717, 1.165) is 5.56 Å². The van der Waals surface area contributed by atoms with Gasteiger partial charge in [0.2, 0.25) is 0 Å². The average molecular weight is 174 g/mol. The molecule has 66 valence electrons. The number of fused-ring (bicyclic) bond motifs is 1. The first kappa shape index (κ1) is 8.20. The summed E-state index contributed by atoms with van der Waals surface area (Å²) in [5.41, 5.74) is 0.128. The van der Waals surface area contributed by atoms with Crippen molar-refractivity contribution in [1.29, 1.82) is 0 Å². The van der Waals surface area contributed by atoms with E-state index in [-0.39, 0.29) is 5.78 Å². The third kappa shape index (κ3) is 1.19. The number of carbonyl (C=O) groups is 1. The fourth-order valence-electron chi connectivity index (χ4n) is 1.45. The number of carbonyl (C=O) groups excluding carboxylic acids is 1. The predicted molar refractivity (Wildman–Crippen MR) is 50.4 cm³/mol. The van der Waals surface area contributed by atoms with Gasteiger partial charge in [-0.15, -0.1) is 0 Å². The fourth-order valence-corrected chi connectivity index (χ4v) is 1.45. The summed E-state index contributed by atoms with van der Waals surface area (Å²) in [6.07, 6.45) is 3.30. The molecule has 0 saturated heterocycles. The highest BCUT2D eigenvalue weighted by Crippen LogP contribution is 2.24. The van der Waals surface area contributed by atoms with Crippen molar-refractivity contribution in [1.82, 2.24) is 0 Å². The van der Waals surface area contributed by atoms with Gasteiger partial charge in [-0.2, -0.15) is 0 Å². The van der Waals surface area contributed by atoms with Gasteiger partial charge in [-0.25, -0.2) is 0 Å². The first-order chi connectivity index (χ1) is 6.11. The van der Waals surface area contributed by atoms with E-state index in [0.29, 0.717) is 5.56 Å². The van der Waals surface area contributed by atoms with E-state index in [1.165, 1.54) is 13.0 Å². The summed E-state index contributed by atoms with van der Waals surface area (Å²) in [6.45, 7) is 1.50. The molecule has 0 bridgehead atoms. The van der Waals surface area contributed by atoms with Crippen LogP contribution in [0.15, 0.2) is 30.3 Å². The van der Waals surface area contributed by atoms with E-state index in [4.69, 9.17) is 0 Å². The molecule has 2 rings (SSSR count). The van der Waals surface area contributed by atoms with Gasteiger partial charge in [0.05, 0.1) is 0 Å². The van der Waals surface area contributed by atoms with Crippen molar-refractivity contribution in [3.05, 3.63) is 41.5 Å². The molecule has 2 heteroatoms. The summed E-state index contributed by atoms with van der Waals surface area (Å²) in [7, 11) is 0. The van der Waals surface area contributed by atoms with Crippen molar-refractivity contribution >= 4 is 11.9 Å². The van der Waals surface area contributed by atoms with Crippen LogP contribution in [0, 0.1) is 0 Å². The summed E-state index contributed by atoms with van der Waals surface area (Å²) < 4.78 is 0. The van der Waals surface area contributed by atoms with Gasteiger partial charge >= 0.3 is 0 Å². The Morgan fingerprint density at radius 3 is 2.77 bits per heavy atom. The number of benzene rings is 1. The smallest absolute Gasteiger partial charge is 0.198 e. The molecule has 1 N–H and O–H groups in total. The van der Waals surface area contributed by atoms with Gasteiger partial charge in [0, 0.05) is 5.56 Å². The number of rotatable bonds is 0. The summed E-state index contributed by atoms with van der Waals surface area (Å²) in [6, 6.07) is 7.26. The SMILES string of the molecule is C[C@@]1(O)C=Cc2ccccc2C1=O. The van der Waals surface area contributed by atoms with Crippen LogP contribution in [0.4, 0.5) is 0 Å². The normalized spacial score (nSPS) is 25.8. The largest absolute Gasteiger partial charge is 0.378 e. The molecule has 0 heterocycles. The maximum absolute atomic E-state index is 11.6. The predicted octanol–water partition coefficient (Wildman–Crippen LogP) is 1.65. The molecular weight excluding hydrogens is 164 g/mol. The Morgan fingerprint density at radius 1 is 1.31 bits per heavy atom. The highest BCUT2D eigenvalue weighted by Gasteiger charge is 2.32. The second-order valence-electron chi connectivity index (χ2n) is 3.40. The molecule has 1 atom stereocenters. The topological polar surface area (TPSA) is 37.3 Å². The number of aliphatic hydroxyl groups is 1. The van der Waals surface area contributed by atoms with Crippen LogP contribution in [0.3, 0.4) is 0 Å². The first-order valence-corrected chi connectivity index (χ1v) is 4.17. The number of Topliss-reactive ketones (excluding diaryl/α,β-unsaturated/α-hetero) is 1. The molecule has 0 fully saturated rings. The Balaban J connectivity index is 2.62. The Kier molecular flexibility index (Phi) is 1.60. The Labute approximate surface area is 76.5 Å². The van der Waals surface area contributed by atoms with Crippen LogP contribution in [-0.4, -0.2) is 16.5 Å². The molecule has 2 nitrogen and oxygen atoms in total. The van der Waals surface area contributed by atoms with Gasteiger partial charge in [0.15, 0.2) is 5.78 Å². The van der Waals surface area contributed by atoms with Crippen molar-refractivity contribution in [2.75, 3.05) is 0 Å². The van der Waals surface area contributed by atoms with E-state index in [9.17, 15) is 9.90 Å². The lowest BCUT2D eigenvalue weighted by molar-refractivity contribution is 0.0589. The first-order valence-electron chi connectivity index (χ1n) is 4.17. The Morgan fingerprint density at radius 2 is 2.00 bits per heavy atom. The number of hydrogen-bond donors (Lipinski definition) is 1. The van der Waals surface area contributed by atoms with Crippen LogP contribution in [-0.2, 0) is 0 Å². The lowest BCUT2D eigenvalue weighted by Crippen LogP contribution is -2.35. The van der Waals surface area contributed by atoms with Crippen LogP contribution in [0.25, 0.3) is 6.08 Å². The highest BCUT2D eigenvalue weighted by atomic mass is 16.3. The van der Waals surface area contributed by atoms with Crippen LogP contribution in [0.5, 0.6) is 0 Å². The molecule has 0 aliphatic heterocycles. The molecule has 0 unspecified atom stereocenters. The van der Waals surface area contributed by atoms with Crippen molar-refractivity contribution in [3.8, 4) is 0 Å². The summed E-state index contributed by atoms with van der Waals surface area (Å²) in [5.74, 6) is -0.231. The summed E-state index contributed by atoms with van der Waals surface area (Å²) in [4.78, 5) is 11.6. The zero-order valence-corrected chi connectivity index (χ0v) is 7.32. The van der Waals surface area contributed by atoms with E-state index in [1.54, 1.807) is 18.2 Å². The number of hydrogen-bond acceptors (Lipinski definition) is 2. The van der Waals surface area contributed by atoms with Gasteiger partial charge in [-0.3, -0.25) is 4.79 Å². The standard InChI is InChI=1S/C11H10O2/c1-11(13)7-6-8-4-2-3-5-9(8)10(11)12/h2-7,13H,1H3/t11-/m1/s1. The molecule has 0 saturated carbocycles. The molecular formula is C11H10O2. The molecule has 1 aliphatic rings. The second-order valence-corrected chi connectivity index (χ2v) is 3.40. The second kappa shape index (κ2) is 2.54. The molecule has 1 aliphatic carbocycles. The molecule has 0 amide bonds. The van der Waals surface area contributed by atoms with Crippen LogP contribution >= 0.6 is 0 Å². The minimum Gasteiger partial charge on any atom is -0.378 e. The summed E-state index contributed by atoms with van der Waals surface area (Å²) in [5, 5.41) is 9.65. The maximum atomic E-state index is 11.6. The Hall–Kier alpha value is -1.41. The minimum absolute atomic E-state index is 0.231. The van der Waals surface area contributed by atoms with E-state index in [1.807, 2.05) is 12.1 Å². The van der Waals surface area contributed by atoms with Crippen LogP contribution in [0.1, 0.15) is 22.8 Å². The lowest BCUT2D eigenvalue weighted by Gasteiger charge is -2.22. The van der Waals surface area contributed by atoms with Crippen molar-refractivity contribution in [2.45, 2.75) is 12.5 Å². The molecule has 0 spiro atoms. The van der Waals surface area contributed by atoms with Gasteiger partial charge < -0.3 is 5.11 Å². The molecule has 0 radical (unpaired) electrons. The zero-order chi connectivity index (χ0) is 9.47. The van der Waals surface area contributed by atoms with Gasteiger partial charge in [0.1, 0.15) is 5.60 Å². The molecule has 1 aromatic rings. The summed E-state index contributed by atoms with van der Waals surface area (Å²) >= 11 is 0. The van der Waals surface area contributed by atoms with E-state index >= 15 is 0 Å². The van der Waals surface area contributed by atoms with Crippen LogP contribution < -0.4 is 0 Å². The van der Waals surface area contributed by atoms with Crippen molar-refractivity contribution < 1.29 is 9.90 Å². The van der Waals surface area contributed by atoms with E-state index in [2.05, 4.69) is 0 Å². The molecule has 13 heavy (non-hydrogen) atoms. The quantitative estimate of drug-likeness (QED) is 0.649. The lowest BCUT2D eigenvalue weighted by atomic mass is 9.86. The van der Waals surface area contributed by atoms with Gasteiger partial charge in [-0.05, 0) is 18.6 Å². The fraction of sp³-hybridized carbons (Fsp3) is 0.182. The van der Waals surface area contributed by atoms with Crippen molar-refractivity contribution in [2.24, 2.45) is 0 Å². The third-order valence-electron chi connectivity index (χ3n) is 2.25. The Bertz CT molecular complexity index is 389. The monoisotopic (exact) mass is 174 g/mol. The average Bonchev–Trinajstić information content (AvgIpc) is 2.13. The zero-order valence-electron chi connectivity index (χ0n) is 7.32. The van der Waals surface area contributed by atoms with Crippen molar-refractivity contribution in [3.63, 3.8) is 0 Å². The maximum Gasteiger partial charge on any atom is 0.198 e. The van der Waals surface area contributed by atoms with Crippen LogP contribution in [0.2, 0.25) is 0 Å². The molecule has 1 aromatic carbocycles. The third-order valence-corrected chi connectivity index (χ3v) is 2.25.